The second kappa shape index (κ2) is 8.01. The van der Waals surface area contributed by atoms with Crippen LogP contribution in [0.1, 0.15) is 15.9 Å². The number of benzene rings is 2. The van der Waals surface area contributed by atoms with E-state index in [9.17, 15) is 9.59 Å². The van der Waals surface area contributed by atoms with Crippen molar-refractivity contribution in [3.63, 3.8) is 0 Å². The van der Waals surface area contributed by atoms with Crippen LogP contribution in [-0.2, 0) is 11.3 Å². The standard InChI is InChI=1S/C18H20N2O4/c1-20(11-13-6-5-7-14(10-13)23-2)17(21)12-24-16-9-4-3-8-15(16)18(19)22/h3-10H,11-12H2,1-2H3,(H2,19,22). The number of nitrogens with zero attached hydrogens (tertiary/aromatic N) is 1. The third-order valence-electron chi connectivity index (χ3n) is 3.48. The maximum absolute atomic E-state index is 12.2. The number of para-hydroxylation sites is 1. The molecule has 0 bridgehead atoms. The lowest BCUT2D eigenvalue weighted by Gasteiger charge is -2.18. The van der Waals surface area contributed by atoms with E-state index in [0.29, 0.717) is 12.3 Å². The number of likely N-dealkylation sites (N-methyl/N-ethyl adjacent to an activating group) is 1. The molecule has 2 N–H and O–H groups in total. The minimum Gasteiger partial charge on any atom is -0.497 e. The van der Waals surface area contributed by atoms with Gasteiger partial charge in [0.05, 0.1) is 12.7 Å². The molecule has 0 aliphatic carbocycles. The van der Waals surface area contributed by atoms with E-state index in [1.165, 1.54) is 0 Å². The van der Waals surface area contributed by atoms with Gasteiger partial charge in [-0.25, -0.2) is 0 Å². The summed E-state index contributed by atoms with van der Waals surface area (Å²) < 4.78 is 10.6. The average Bonchev–Trinajstić information content (AvgIpc) is 2.59. The Balaban J connectivity index is 1.96. The average molecular weight is 328 g/mol. The van der Waals surface area contributed by atoms with Gasteiger partial charge in [0, 0.05) is 13.6 Å². The van der Waals surface area contributed by atoms with Crippen molar-refractivity contribution < 1.29 is 19.1 Å². The van der Waals surface area contributed by atoms with E-state index in [-0.39, 0.29) is 18.1 Å². The predicted molar refractivity (Wildman–Crippen MR) is 89.9 cm³/mol. The molecule has 6 nitrogen and oxygen atoms in total. The molecule has 24 heavy (non-hydrogen) atoms. The van der Waals surface area contributed by atoms with Gasteiger partial charge in [0.25, 0.3) is 11.8 Å². The largest absolute Gasteiger partial charge is 0.497 e. The van der Waals surface area contributed by atoms with Gasteiger partial charge < -0.3 is 20.1 Å². The maximum Gasteiger partial charge on any atom is 0.260 e. The number of amides is 2. The third kappa shape index (κ3) is 4.49. The predicted octanol–water partition coefficient (Wildman–Crippen LogP) is 1.83. The monoisotopic (exact) mass is 328 g/mol. The zero-order valence-electron chi connectivity index (χ0n) is 13.7. The van der Waals surface area contributed by atoms with E-state index in [0.717, 1.165) is 11.3 Å². The summed E-state index contributed by atoms with van der Waals surface area (Å²) in [5, 5.41) is 0. The number of carbonyl (C=O) groups is 2. The van der Waals surface area contributed by atoms with Crippen LogP contribution in [0.4, 0.5) is 0 Å². The fraction of sp³-hybridized carbons (Fsp3) is 0.222. The normalized spacial score (nSPS) is 10.1. The Labute approximate surface area is 140 Å². The summed E-state index contributed by atoms with van der Waals surface area (Å²) in [6.07, 6.45) is 0. The molecule has 0 aliphatic heterocycles. The molecule has 0 saturated heterocycles. The highest BCUT2D eigenvalue weighted by Gasteiger charge is 2.13. The van der Waals surface area contributed by atoms with Crippen LogP contribution in [0.3, 0.4) is 0 Å². The van der Waals surface area contributed by atoms with Crippen molar-refractivity contribution >= 4 is 11.8 Å². The van der Waals surface area contributed by atoms with E-state index in [4.69, 9.17) is 15.2 Å². The number of hydrogen-bond acceptors (Lipinski definition) is 4. The molecule has 0 heterocycles. The number of carbonyl (C=O) groups excluding carboxylic acids is 2. The van der Waals surface area contributed by atoms with Crippen molar-refractivity contribution in [1.29, 1.82) is 0 Å². The van der Waals surface area contributed by atoms with Crippen LogP contribution in [0.25, 0.3) is 0 Å². The minimum absolute atomic E-state index is 0.176. The van der Waals surface area contributed by atoms with Crippen LogP contribution in [0.5, 0.6) is 11.5 Å². The fourth-order valence-electron chi connectivity index (χ4n) is 2.18. The lowest BCUT2D eigenvalue weighted by molar-refractivity contribution is -0.132. The molecule has 126 valence electrons. The smallest absolute Gasteiger partial charge is 0.260 e. The summed E-state index contributed by atoms with van der Waals surface area (Å²) in [5.74, 6) is 0.230. The Morgan fingerprint density at radius 2 is 1.88 bits per heavy atom. The van der Waals surface area contributed by atoms with Crippen molar-refractivity contribution in [3.05, 3.63) is 59.7 Å². The van der Waals surface area contributed by atoms with Gasteiger partial charge in [-0.15, -0.1) is 0 Å². The van der Waals surface area contributed by atoms with E-state index in [2.05, 4.69) is 0 Å². The van der Waals surface area contributed by atoms with Crippen LogP contribution in [0, 0.1) is 0 Å². The summed E-state index contributed by atoms with van der Waals surface area (Å²) >= 11 is 0. The van der Waals surface area contributed by atoms with Crippen molar-refractivity contribution in [2.24, 2.45) is 5.73 Å². The van der Waals surface area contributed by atoms with Gasteiger partial charge >= 0.3 is 0 Å². The molecular formula is C18H20N2O4. The van der Waals surface area contributed by atoms with Crippen LogP contribution in [0.15, 0.2) is 48.5 Å². The lowest BCUT2D eigenvalue weighted by Crippen LogP contribution is -2.31. The van der Waals surface area contributed by atoms with E-state index >= 15 is 0 Å². The maximum atomic E-state index is 12.2. The molecule has 0 unspecified atom stereocenters. The highest BCUT2D eigenvalue weighted by Crippen LogP contribution is 2.17. The molecule has 0 spiro atoms. The van der Waals surface area contributed by atoms with Gasteiger partial charge in [0.15, 0.2) is 6.61 Å². The first kappa shape index (κ1) is 17.3. The molecule has 0 fully saturated rings. The van der Waals surface area contributed by atoms with Gasteiger partial charge in [-0.1, -0.05) is 24.3 Å². The molecule has 2 aromatic carbocycles. The molecule has 0 aliphatic rings. The summed E-state index contributed by atoms with van der Waals surface area (Å²) in [6.45, 7) is 0.252. The summed E-state index contributed by atoms with van der Waals surface area (Å²) in [5.41, 5.74) is 6.48. The van der Waals surface area contributed by atoms with Crippen LogP contribution in [-0.4, -0.2) is 37.5 Å². The second-order valence-corrected chi connectivity index (χ2v) is 5.25. The first-order valence-electron chi connectivity index (χ1n) is 7.39. The molecule has 2 aromatic rings. The second-order valence-electron chi connectivity index (χ2n) is 5.25. The summed E-state index contributed by atoms with van der Waals surface area (Å²) in [7, 11) is 3.28. The van der Waals surface area contributed by atoms with Crippen molar-refractivity contribution in [3.8, 4) is 11.5 Å². The van der Waals surface area contributed by atoms with Gasteiger partial charge in [-0.3, -0.25) is 9.59 Å². The van der Waals surface area contributed by atoms with Crippen molar-refractivity contribution in [1.82, 2.24) is 4.90 Å². The number of methoxy groups -OCH3 is 1. The molecule has 6 heteroatoms. The van der Waals surface area contributed by atoms with E-state index in [1.807, 2.05) is 24.3 Å². The summed E-state index contributed by atoms with van der Waals surface area (Å²) in [4.78, 5) is 25.1. The van der Waals surface area contributed by atoms with Crippen LogP contribution < -0.4 is 15.2 Å². The quantitative estimate of drug-likeness (QED) is 0.841. The Bertz CT molecular complexity index is 730. The molecule has 0 aromatic heterocycles. The minimum atomic E-state index is -0.595. The summed E-state index contributed by atoms with van der Waals surface area (Å²) in [6, 6.07) is 14.1. The molecule has 0 radical (unpaired) electrons. The molecular weight excluding hydrogens is 308 g/mol. The SMILES string of the molecule is COc1cccc(CN(C)C(=O)COc2ccccc2C(N)=O)c1. The Kier molecular flexibility index (Phi) is 5.78. The van der Waals surface area contributed by atoms with Gasteiger partial charge in [-0.05, 0) is 29.8 Å². The molecule has 2 amide bonds. The number of primary amides is 1. The first-order valence-corrected chi connectivity index (χ1v) is 7.39. The Hall–Kier alpha value is -3.02. The Morgan fingerprint density at radius 3 is 2.58 bits per heavy atom. The number of rotatable bonds is 7. The zero-order valence-corrected chi connectivity index (χ0v) is 13.7. The van der Waals surface area contributed by atoms with Gasteiger partial charge in [0.1, 0.15) is 11.5 Å². The van der Waals surface area contributed by atoms with Crippen LogP contribution in [0.2, 0.25) is 0 Å². The topological polar surface area (TPSA) is 81.9 Å². The van der Waals surface area contributed by atoms with Gasteiger partial charge in [-0.2, -0.15) is 0 Å². The molecule has 2 rings (SSSR count). The number of nitrogens with two attached hydrogens (primary N) is 1. The molecule has 0 saturated carbocycles. The third-order valence-corrected chi connectivity index (χ3v) is 3.48. The van der Waals surface area contributed by atoms with Crippen molar-refractivity contribution in [2.45, 2.75) is 6.54 Å². The number of ether oxygens (including phenoxy) is 2. The zero-order chi connectivity index (χ0) is 17.5. The van der Waals surface area contributed by atoms with E-state index in [1.54, 1.807) is 43.3 Å². The Morgan fingerprint density at radius 1 is 1.12 bits per heavy atom. The first-order chi connectivity index (χ1) is 11.5. The highest BCUT2D eigenvalue weighted by atomic mass is 16.5. The molecule has 0 atom stereocenters. The van der Waals surface area contributed by atoms with Crippen molar-refractivity contribution in [2.75, 3.05) is 20.8 Å². The number of hydrogen-bond donors (Lipinski definition) is 1. The van der Waals surface area contributed by atoms with E-state index < -0.39 is 5.91 Å². The highest BCUT2D eigenvalue weighted by molar-refractivity contribution is 5.95. The van der Waals surface area contributed by atoms with Gasteiger partial charge in [0.2, 0.25) is 0 Å². The lowest BCUT2D eigenvalue weighted by atomic mass is 10.2. The fourth-order valence-corrected chi connectivity index (χ4v) is 2.18. The van der Waals surface area contributed by atoms with Crippen LogP contribution >= 0.6 is 0 Å².